The van der Waals surface area contributed by atoms with Crippen LogP contribution in [0.4, 0.5) is 0 Å². The van der Waals surface area contributed by atoms with Crippen molar-refractivity contribution in [2.45, 2.75) is 6.61 Å². The van der Waals surface area contributed by atoms with Crippen molar-refractivity contribution in [3.05, 3.63) is 33.1 Å². The normalized spacial score (nSPS) is 10.1. The van der Waals surface area contributed by atoms with Crippen LogP contribution in [0.25, 0.3) is 0 Å². The number of thiophene rings is 1. The lowest BCUT2D eigenvalue weighted by molar-refractivity contribution is 0.276. The van der Waals surface area contributed by atoms with Crippen LogP contribution in [0.1, 0.15) is 4.88 Å². The topological polar surface area (TPSA) is 44.2 Å². The summed E-state index contributed by atoms with van der Waals surface area (Å²) in [5, 5.41) is 2.00. The zero-order valence-corrected chi connectivity index (χ0v) is 10.9. The van der Waals surface area contributed by atoms with Gasteiger partial charge in [0, 0.05) is 4.88 Å². The molecule has 0 saturated carbocycles. The Morgan fingerprint density at radius 3 is 3.06 bits per heavy atom. The minimum atomic E-state index is 0.313. The molecule has 0 aromatic carbocycles. The first-order chi connectivity index (χ1) is 7.79. The van der Waals surface area contributed by atoms with Crippen molar-refractivity contribution in [3.63, 3.8) is 0 Å². The van der Waals surface area contributed by atoms with Crippen molar-refractivity contribution in [1.82, 2.24) is 9.97 Å². The second kappa shape index (κ2) is 5.27. The molecule has 16 heavy (non-hydrogen) atoms. The van der Waals surface area contributed by atoms with Gasteiger partial charge in [-0.15, -0.1) is 11.3 Å². The summed E-state index contributed by atoms with van der Waals surface area (Å²) in [6, 6.07) is 4.29. The number of halogens is 1. The smallest absolute Gasteiger partial charge is 0.320 e. The molecule has 4 nitrogen and oxygen atoms in total. The van der Waals surface area contributed by atoms with Crippen LogP contribution in [0.15, 0.2) is 28.2 Å². The van der Waals surface area contributed by atoms with Gasteiger partial charge in [0.2, 0.25) is 5.88 Å². The van der Waals surface area contributed by atoms with Gasteiger partial charge in [-0.2, -0.15) is 4.98 Å². The number of aromatic nitrogens is 2. The fourth-order valence-electron chi connectivity index (χ4n) is 1.08. The summed E-state index contributed by atoms with van der Waals surface area (Å²) in [7, 11) is 1.55. The quantitative estimate of drug-likeness (QED) is 0.871. The molecule has 0 atom stereocenters. The monoisotopic (exact) mass is 300 g/mol. The van der Waals surface area contributed by atoms with Crippen LogP contribution in [0.3, 0.4) is 0 Å². The fraction of sp³-hybridized carbons (Fsp3) is 0.200. The van der Waals surface area contributed by atoms with Gasteiger partial charge in [-0.25, -0.2) is 4.98 Å². The Kier molecular flexibility index (Phi) is 3.74. The van der Waals surface area contributed by atoms with Crippen LogP contribution >= 0.6 is 27.3 Å². The number of ether oxygens (including phenoxy) is 2. The van der Waals surface area contributed by atoms with Crippen molar-refractivity contribution in [2.75, 3.05) is 7.11 Å². The summed E-state index contributed by atoms with van der Waals surface area (Å²) in [5.74, 6) is 0.469. The highest BCUT2D eigenvalue weighted by Gasteiger charge is 2.06. The third-order valence-electron chi connectivity index (χ3n) is 1.81. The third-order valence-corrected chi connectivity index (χ3v) is 3.20. The van der Waals surface area contributed by atoms with Gasteiger partial charge in [0.15, 0.2) is 0 Å². The number of methoxy groups -OCH3 is 1. The van der Waals surface area contributed by atoms with Crippen LogP contribution in [-0.4, -0.2) is 17.1 Å². The van der Waals surface area contributed by atoms with Crippen molar-refractivity contribution >= 4 is 27.3 Å². The Hall–Kier alpha value is -1.14. The second-order valence-electron chi connectivity index (χ2n) is 2.88. The zero-order chi connectivity index (χ0) is 11.4. The predicted octanol–water partition coefficient (Wildman–Crippen LogP) is 2.89. The molecule has 0 aliphatic carbocycles. The fourth-order valence-corrected chi connectivity index (χ4v) is 2.05. The molecule has 0 aliphatic heterocycles. The molecule has 0 radical (unpaired) electrons. The molecule has 0 unspecified atom stereocenters. The van der Waals surface area contributed by atoms with Gasteiger partial charge in [-0.3, -0.25) is 0 Å². The highest BCUT2D eigenvalue weighted by Crippen LogP contribution is 2.23. The van der Waals surface area contributed by atoms with Gasteiger partial charge in [0.25, 0.3) is 0 Å². The van der Waals surface area contributed by atoms with Crippen LogP contribution in [-0.2, 0) is 6.61 Å². The van der Waals surface area contributed by atoms with Crippen molar-refractivity contribution < 1.29 is 9.47 Å². The molecule has 0 amide bonds. The van der Waals surface area contributed by atoms with E-state index in [1.54, 1.807) is 24.6 Å². The first-order valence-corrected chi connectivity index (χ1v) is 6.18. The highest BCUT2D eigenvalue weighted by atomic mass is 79.9. The summed E-state index contributed by atoms with van der Waals surface area (Å²) in [5.41, 5.74) is 0. The number of hydrogen-bond donors (Lipinski definition) is 0. The maximum atomic E-state index is 5.44. The van der Waals surface area contributed by atoms with Gasteiger partial charge >= 0.3 is 6.01 Å². The van der Waals surface area contributed by atoms with E-state index in [4.69, 9.17) is 9.47 Å². The van der Waals surface area contributed by atoms with Crippen LogP contribution in [0.5, 0.6) is 11.9 Å². The van der Waals surface area contributed by atoms with E-state index in [9.17, 15) is 0 Å². The molecule has 0 spiro atoms. The summed E-state index contributed by atoms with van der Waals surface area (Å²) in [4.78, 5) is 9.25. The van der Waals surface area contributed by atoms with E-state index in [0.29, 0.717) is 23.0 Å². The first kappa shape index (κ1) is 11.3. The molecule has 2 heterocycles. The predicted molar refractivity (Wildman–Crippen MR) is 64.9 cm³/mol. The lowest BCUT2D eigenvalue weighted by atomic mass is 10.5. The summed E-state index contributed by atoms with van der Waals surface area (Å²) >= 11 is 4.91. The van der Waals surface area contributed by atoms with Crippen molar-refractivity contribution in [2.24, 2.45) is 0 Å². The van der Waals surface area contributed by atoms with Crippen LogP contribution in [0.2, 0.25) is 0 Å². The van der Waals surface area contributed by atoms with E-state index in [-0.39, 0.29) is 0 Å². The van der Waals surface area contributed by atoms with Crippen LogP contribution < -0.4 is 9.47 Å². The molecule has 0 bridgehead atoms. The highest BCUT2D eigenvalue weighted by molar-refractivity contribution is 9.10. The van der Waals surface area contributed by atoms with Crippen LogP contribution in [0, 0.1) is 0 Å². The van der Waals surface area contributed by atoms with E-state index in [1.807, 2.05) is 17.5 Å². The SMILES string of the molecule is COc1nc(OCc2cccs2)ncc1Br. The average Bonchev–Trinajstić information content (AvgIpc) is 2.81. The Morgan fingerprint density at radius 2 is 2.38 bits per heavy atom. The molecular formula is C10H9BrN2O2S. The third kappa shape index (κ3) is 2.70. The number of rotatable bonds is 4. The Bertz CT molecular complexity index is 462. The summed E-state index contributed by atoms with van der Waals surface area (Å²) in [6.45, 7) is 0.475. The minimum Gasteiger partial charge on any atom is -0.480 e. The maximum absolute atomic E-state index is 5.44. The van der Waals surface area contributed by atoms with Crippen molar-refractivity contribution in [3.8, 4) is 11.9 Å². The van der Waals surface area contributed by atoms with E-state index in [2.05, 4.69) is 25.9 Å². The molecule has 0 N–H and O–H groups in total. The first-order valence-electron chi connectivity index (χ1n) is 4.51. The van der Waals surface area contributed by atoms with E-state index in [1.165, 1.54) is 0 Å². The number of hydrogen-bond acceptors (Lipinski definition) is 5. The summed E-state index contributed by atoms with van der Waals surface area (Å²) < 4.78 is 11.2. The minimum absolute atomic E-state index is 0.313. The molecule has 0 saturated heterocycles. The molecule has 84 valence electrons. The van der Waals surface area contributed by atoms with E-state index in [0.717, 1.165) is 4.88 Å². The van der Waals surface area contributed by atoms with E-state index < -0.39 is 0 Å². The molecule has 0 aliphatic rings. The van der Waals surface area contributed by atoms with E-state index >= 15 is 0 Å². The summed E-state index contributed by atoms with van der Waals surface area (Å²) in [6.07, 6.45) is 1.61. The molecule has 2 aromatic heterocycles. The number of nitrogens with zero attached hydrogens (tertiary/aromatic N) is 2. The second-order valence-corrected chi connectivity index (χ2v) is 4.76. The molecule has 2 rings (SSSR count). The molecule has 0 fully saturated rings. The standard InChI is InChI=1S/C10H9BrN2O2S/c1-14-9-8(11)5-12-10(13-9)15-6-7-3-2-4-16-7/h2-5H,6H2,1H3. The average molecular weight is 301 g/mol. The Balaban J connectivity index is 2.04. The van der Waals surface area contributed by atoms with Gasteiger partial charge in [-0.1, -0.05) is 6.07 Å². The zero-order valence-electron chi connectivity index (χ0n) is 8.51. The van der Waals surface area contributed by atoms with Gasteiger partial charge in [0.1, 0.15) is 6.61 Å². The van der Waals surface area contributed by atoms with Gasteiger partial charge < -0.3 is 9.47 Å². The lowest BCUT2D eigenvalue weighted by Gasteiger charge is -2.05. The van der Waals surface area contributed by atoms with Gasteiger partial charge in [-0.05, 0) is 27.4 Å². The Labute approximate surface area is 105 Å². The Morgan fingerprint density at radius 1 is 1.50 bits per heavy atom. The molecule has 2 aromatic rings. The molecule has 6 heteroatoms. The largest absolute Gasteiger partial charge is 0.480 e. The lowest BCUT2D eigenvalue weighted by Crippen LogP contribution is -1.99. The molecular weight excluding hydrogens is 292 g/mol. The maximum Gasteiger partial charge on any atom is 0.320 e. The van der Waals surface area contributed by atoms with Gasteiger partial charge in [0.05, 0.1) is 17.8 Å². The van der Waals surface area contributed by atoms with Crippen molar-refractivity contribution in [1.29, 1.82) is 0 Å².